The summed E-state index contributed by atoms with van der Waals surface area (Å²) in [6.45, 7) is 8.34. The van der Waals surface area contributed by atoms with E-state index in [0.717, 1.165) is 47.0 Å². The monoisotopic (exact) mass is 762 g/mol. The Balaban J connectivity index is 0.000000208. The molecule has 0 unspecified atom stereocenters. The van der Waals surface area contributed by atoms with E-state index in [9.17, 15) is 35.9 Å². The Morgan fingerprint density at radius 1 is 0.630 bits per heavy atom. The lowest BCUT2D eigenvalue weighted by atomic mass is 10.2. The number of ether oxygens (including phenoxy) is 2. The van der Waals surface area contributed by atoms with Crippen molar-refractivity contribution < 1.29 is 45.4 Å². The number of carbonyl (C=O) groups excluding carboxylic acids is 2. The zero-order valence-corrected chi connectivity index (χ0v) is 29.1. The summed E-state index contributed by atoms with van der Waals surface area (Å²) in [4.78, 5) is 32.1. The maximum Gasteiger partial charge on any atom is 0.573 e. The van der Waals surface area contributed by atoms with Crippen LogP contribution < -0.4 is 29.9 Å². The van der Waals surface area contributed by atoms with Crippen molar-refractivity contribution in [3.8, 4) is 11.5 Å². The van der Waals surface area contributed by atoms with Gasteiger partial charge in [-0.3, -0.25) is 0 Å². The summed E-state index contributed by atoms with van der Waals surface area (Å²) < 4.78 is 80.6. The first kappa shape index (κ1) is 39.1. The molecule has 20 heteroatoms. The summed E-state index contributed by atoms with van der Waals surface area (Å²) in [7, 11) is 0. The number of aryl methyl sites for hydroxylation is 2. The van der Waals surface area contributed by atoms with Gasteiger partial charge in [-0.15, -0.1) is 36.5 Å². The molecular weight excluding hydrogens is 726 g/mol. The van der Waals surface area contributed by atoms with Crippen molar-refractivity contribution in [1.29, 1.82) is 0 Å². The van der Waals surface area contributed by atoms with Crippen LogP contribution >= 0.6 is 0 Å². The second-order valence-corrected chi connectivity index (χ2v) is 12.1. The zero-order valence-electron chi connectivity index (χ0n) is 29.1. The smallest absolute Gasteiger partial charge is 0.406 e. The molecule has 2 saturated heterocycles. The number of alkyl halides is 6. The number of benzene rings is 2. The van der Waals surface area contributed by atoms with Crippen LogP contribution in [0.2, 0.25) is 0 Å². The predicted molar refractivity (Wildman–Crippen MR) is 185 cm³/mol. The van der Waals surface area contributed by atoms with E-state index in [0.29, 0.717) is 63.7 Å². The van der Waals surface area contributed by atoms with Crippen molar-refractivity contribution in [2.75, 3.05) is 72.8 Å². The van der Waals surface area contributed by atoms with Crippen LogP contribution in [-0.4, -0.2) is 107 Å². The lowest BCUT2D eigenvalue weighted by molar-refractivity contribution is -0.275. The molecule has 2 aliphatic rings. The van der Waals surface area contributed by atoms with Gasteiger partial charge in [-0.25, -0.2) is 9.59 Å². The summed E-state index contributed by atoms with van der Waals surface area (Å²) >= 11 is 0. The van der Waals surface area contributed by atoms with Crippen molar-refractivity contribution in [2.45, 2.75) is 26.6 Å². The second kappa shape index (κ2) is 17.2. The highest BCUT2D eigenvalue weighted by Gasteiger charge is 2.32. The molecule has 2 N–H and O–H groups in total. The molecule has 0 spiro atoms. The maximum absolute atomic E-state index is 12.3. The lowest BCUT2D eigenvalue weighted by Gasteiger charge is -2.35. The molecule has 0 aliphatic carbocycles. The number of amides is 4. The van der Waals surface area contributed by atoms with E-state index in [1.807, 2.05) is 30.9 Å². The van der Waals surface area contributed by atoms with E-state index < -0.39 is 12.7 Å². The van der Waals surface area contributed by atoms with E-state index in [2.05, 4.69) is 45.4 Å². The first-order valence-electron chi connectivity index (χ1n) is 16.5. The molecule has 2 aromatic carbocycles. The molecule has 4 amide bonds. The first-order valence-corrected chi connectivity index (χ1v) is 16.5. The third-order valence-electron chi connectivity index (χ3n) is 8.11. The molecule has 0 saturated carbocycles. The number of halogens is 6. The van der Waals surface area contributed by atoms with Crippen LogP contribution in [0.1, 0.15) is 11.1 Å². The topological polar surface area (TPSA) is 141 Å². The summed E-state index contributed by atoms with van der Waals surface area (Å²) in [5.74, 6) is 0.898. The number of nitrogens with zero attached hydrogens (tertiary/aromatic N) is 8. The number of nitrogens with one attached hydrogen (secondary N) is 2. The van der Waals surface area contributed by atoms with E-state index in [1.54, 1.807) is 22.2 Å². The second-order valence-electron chi connectivity index (χ2n) is 12.1. The molecule has 4 heterocycles. The van der Waals surface area contributed by atoms with Crippen LogP contribution in [0.5, 0.6) is 11.5 Å². The zero-order chi connectivity index (χ0) is 38.9. The molecule has 4 aromatic rings. The van der Waals surface area contributed by atoms with Crippen LogP contribution in [-0.2, 0) is 0 Å². The third-order valence-corrected chi connectivity index (χ3v) is 8.11. The van der Waals surface area contributed by atoms with Gasteiger partial charge in [0.15, 0.2) is 11.6 Å². The fourth-order valence-electron chi connectivity index (χ4n) is 5.45. The first-order chi connectivity index (χ1) is 25.6. The van der Waals surface area contributed by atoms with Gasteiger partial charge >= 0.3 is 24.8 Å². The van der Waals surface area contributed by atoms with Crippen molar-refractivity contribution in [2.24, 2.45) is 0 Å². The van der Waals surface area contributed by atoms with Gasteiger partial charge in [0.05, 0.1) is 12.4 Å². The molecule has 14 nitrogen and oxygen atoms in total. The molecule has 2 aromatic heterocycles. The summed E-state index contributed by atoms with van der Waals surface area (Å²) in [6.07, 6.45) is -6.18. The fraction of sp³-hybridized carbons (Fsp3) is 0.353. The standard InChI is InChI=1S/2C17H18F3N5O2/c1-12-10-15(23-21-11-12)24-6-8-25(9-7-24)16(26)22-13-2-4-14(5-3-13)27-17(18,19)20;1-12-6-7-21-23-15(12)24-8-10-25(11-9-24)16(26)22-13-2-4-14(5-3-13)27-17(18,19)20/h2-5,10-11H,6-9H2,1H3,(H,22,26);2-7H,8-11H2,1H3,(H,22,26). The van der Waals surface area contributed by atoms with Gasteiger partial charge < -0.3 is 39.7 Å². The Bertz CT molecular complexity index is 1850. The highest BCUT2D eigenvalue weighted by molar-refractivity contribution is 5.90. The molecule has 2 aliphatic heterocycles. The molecule has 2 fully saturated rings. The summed E-state index contributed by atoms with van der Waals surface area (Å²) in [5.41, 5.74) is 2.81. The Hall–Kier alpha value is -6.08. The molecule has 0 atom stereocenters. The van der Waals surface area contributed by atoms with E-state index in [4.69, 9.17) is 0 Å². The van der Waals surface area contributed by atoms with Crippen molar-refractivity contribution in [3.05, 3.63) is 84.2 Å². The molecule has 54 heavy (non-hydrogen) atoms. The number of urea groups is 2. The van der Waals surface area contributed by atoms with Crippen molar-refractivity contribution in [3.63, 3.8) is 0 Å². The van der Waals surface area contributed by atoms with E-state index in [1.165, 1.54) is 24.3 Å². The quantitative estimate of drug-likeness (QED) is 0.222. The maximum atomic E-state index is 12.3. The van der Waals surface area contributed by atoms with Crippen LogP contribution in [0.3, 0.4) is 0 Å². The SMILES string of the molecule is Cc1ccnnc1N1CCN(C(=O)Nc2ccc(OC(F)(F)F)cc2)CC1.Cc1cnnc(N2CCN(C(=O)Nc3ccc(OC(F)(F)F)cc3)CC2)c1. The average molecular weight is 763 g/mol. The minimum absolute atomic E-state index is 0.310. The summed E-state index contributed by atoms with van der Waals surface area (Å²) in [6, 6.07) is 13.2. The van der Waals surface area contributed by atoms with Gasteiger partial charge in [0, 0.05) is 63.7 Å². The number of rotatable bonds is 6. The molecule has 288 valence electrons. The Kier molecular flexibility index (Phi) is 12.4. The van der Waals surface area contributed by atoms with Gasteiger partial charge in [-0.1, -0.05) is 0 Å². The van der Waals surface area contributed by atoms with Gasteiger partial charge in [0.2, 0.25) is 0 Å². The number of hydrogen-bond donors (Lipinski definition) is 2. The Labute approximate surface area is 305 Å². The number of hydrogen-bond acceptors (Lipinski definition) is 10. The molecule has 0 radical (unpaired) electrons. The normalized spacial score (nSPS) is 14.8. The van der Waals surface area contributed by atoms with Gasteiger partial charge in [-0.05, 0) is 85.6 Å². The Morgan fingerprint density at radius 3 is 1.52 bits per heavy atom. The van der Waals surface area contributed by atoms with Crippen molar-refractivity contribution >= 4 is 35.1 Å². The minimum atomic E-state index is -4.74. The number of anilines is 4. The van der Waals surface area contributed by atoms with Crippen molar-refractivity contribution in [1.82, 2.24) is 30.2 Å². The molecule has 6 rings (SSSR count). The van der Waals surface area contributed by atoms with E-state index >= 15 is 0 Å². The highest BCUT2D eigenvalue weighted by Crippen LogP contribution is 2.26. The number of piperazine rings is 2. The predicted octanol–water partition coefficient (Wildman–Crippen LogP) is 6.08. The van der Waals surface area contributed by atoms with Gasteiger partial charge in [0.1, 0.15) is 11.5 Å². The van der Waals surface area contributed by atoms with Gasteiger partial charge in [0.25, 0.3) is 0 Å². The molecule has 0 bridgehead atoms. The van der Waals surface area contributed by atoms with Crippen LogP contribution in [0.25, 0.3) is 0 Å². The largest absolute Gasteiger partial charge is 0.573 e. The lowest BCUT2D eigenvalue weighted by Crippen LogP contribution is -2.50. The number of aromatic nitrogens is 4. The van der Waals surface area contributed by atoms with E-state index in [-0.39, 0.29) is 23.6 Å². The van der Waals surface area contributed by atoms with Crippen LogP contribution in [0.15, 0.2) is 73.1 Å². The Morgan fingerprint density at radius 2 is 1.09 bits per heavy atom. The van der Waals surface area contributed by atoms with Gasteiger partial charge in [-0.2, -0.15) is 10.2 Å². The fourth-order valence-corrected chi connectivity index (χ4v) is 5.45. The highest BCUT2D eigenvalue weighted by atomic mass is 19.4. The van der Waals surface area contributed by atoms with Crippen LogP contribution in [0, 0.1) is 13.8 Å². The average Bonchev–Trinajstić information content (AvgIpc) is 3.13. The third kappa shape index (κ3) is 11.7. The minimum Gasteiger partial charge on any atom is -0.406 e. The summed E-state index contributed by atoms with van der Waals surface area (Å²) in [5, 5.41) is 21.4. The molecular formula is C34H36F6N10O4. The number of carbonyl (C=O) groups is 2. The van der Waals surface area contributed by atoms with Crippen LogP contribution in [0.4, 0.5) is 58.9 Å².